The molecule has 3 aromatic rings. The Labute approximate surface area is 196 Å². The average molecular weight is 445 g/mol. The molecule has 0 spiro atoms. The molecule has 1 aliphatic carbocycles. The highest BCUT2D eigenvalue weighted by molar-refractivity contribution is 8.00. The maximum Gasteiger partial charge on any atom is 0.165 e. The van der Waals surface area contributed by atoms with Gasteiger partial charge in [-0.3, -0.25) is 4.79 Å². The minimum atomic E-state index is 0.145. The molecular formula is C29H32O2S. The number of hydrogen-bond donors (Lipinski definition) is 0. The van der Waals surface area contributed by atoms with Crippen LogP contribution in [0.1, 0.15) is 55.8 Å². The second-order valence-electron chi connectivity index (χ2n) is 8.58. The zero-order chi connectivity index (χ0) is 22.2. The lowest BCUT2D eigenvalue weighted by Gasteiger charge is -2.11. The van der Waals surface area contributed by atoms with Crippen LogP contribution in [-0.2, 0) is 0 Å². The minimum Gasteiger partial charge on any atom is -0.494 e. The molecule has 3 aromatic carbocycles. The molecule has 2 unspecified atom stereocenters. The Hall–Kier alpha value is -2.52. The number of ketones is 1. The maximum atomic E-state index is 13.1. The van der Waals surface area contributed by atoms with Crippen LogP contribution in [0.4, 0.5) is 0 Å². The third-order valence-electron chi connectivity index (χ3n) is 6.17. The molecule has 2 atom stereocenters. The molecular weight excluding hydrogens is 412 g/mol. The van der Waals surface area contributed by atoms with Gasteiger partial charge in [-0.2, -0.15) is 0 Å². The van der Waals surface area contributed by atoms with Gasteiger partial charge in [0.1, 0.15) is 5.75 Å². The molecule has 0 N–H and O–H groups in total. The van der Waals surface area contributed by atoms with E-state index in [0.29, 0.717) is 11.0 Å². The van der Waals surface area contributed by atoms with Crippen LogP contribution in [0.3, 0.4) is 0 Å². The van der Waals surface area contributed by atoms with E-state index in [1.54, 1.807) is 0 Å². The molecule has 2 nitrogen and oxygen atoms in total. The monoisotopic (exact) mass is 444 g/mol. The van der Waals surface area contributed by atoms with Gasteiger partial charge in [-0.1, -0.05) is 74.4 Å². The predicted octanol–water partition coefficient (Wildman–Crippen LogP) is 8.07. The number of carbonyl (C=O) groups is 1. The van der Waals surface area contributed by atoms with Crippen LogP contribution in [-0.4, -0.2) is 17.6 Å². The van der Waals surface area contributed by atoms with Crippen molar-refractivity contribution >= 4 is 17.5 Å². The fourth-order valence-corrected chi connectivity index (χ4v) is 5.61. The van der Waals surface area contributed by atoms with Crippen molar-refractivity contribution in [1.82, 2.24) is 0 Å². The van der Waals surface area contributed by atoms with E-state index in [0.717, 1.165) is 54.7 Å². The van der Waals surface area contributed by atoms with Crippen LogP contribution in [0.2, 0.25) is 0 Å². The third kappa shape index (κ3) is 6.04. The van der Waals surface area contributed by atoms with Crippen LogP contribution in [0, 0.1) is 5.92 Å². The molecule has 3 heteroatoms. The van der Waals surface area contributed by atoms with Crippen LogP contribution >= 0.6 is 11.8 Å². The van der Waals surface area contributed by atoms with Gasteiger partial charge in [0.05, 0.1) is 6.61 Å². The zero-order valence-electron chi connectivity index (χ0n) is 18.8. The Bertz CT molecular complexity index is 980. The van der Waals surface area contributed by atoms with E-state index in [1.807, 2.05) is 42.1 Å². The summed E-state index contributed by atoms with van der Waals surface area (Å²) >= 11 is 1.91. The molecule has 166 valence electrons. The second-order valence-corrected chi connectivity index (χ2v) is 9.96. The molecule has 1 saturated carbocycles. The number of carbonyl (C=O) groups excluding carboxylic acids is 1. The van der Waals surface area contributed by atoms with Crippen LogP contribution in [0.15, 0.2) is 83.8 Å². The molecule has 32 heavy (non-hydrogen) atoms. The molecule has 0 amide bonds. The molecule has 0 aliphatic heterocycles. The van der Waals surface area contributed by atoms with Gasteiger partial charge in [0, 0.05) is 21.6 Å². The number of ether oxygens (including phenoxy) is 1. The van der Waals surface area contributed by atoms with Gasteiger partial charge in [0.2, 0.25) is 0 Å². The van der Waals surface area contributed by atoms with Crippen molar-refractivity contribution in [2.45, 2.75) is 55.6 Å². The summed E-state index contributed by atoms with van der Waals surface area (Å²) in [6.07, 6.45) is 6.58. The van der Waals surface area contributed by atoms with Crippen LogP contribution in [0.25, 0.3) is 11.1 Å². The summed E-state index contributed by atoms with van der Waals surface area (Å²) in [5, 5.41) is 0.535. The van der Waals surface area contributed by atoms with E-state index in [4.69, 9.17) is 4.74 Å². The van der Waals surface area contributed by atoms with E-state index in [-0.39, 0.29) is 5.92 Å². The van der Waals surface area contributed by atoms with Gasteiger partial charge in [-0.25, -0.2) is 0 Å². The largest absolute Gasteiger partial charge is 0.494 e. The summed E-state index contributed by atoms with van der Waals surface area (Å²) in [5.41, 5.74) is 3.10. The zero-order valence-corrected chi connectivity index (χ0v) is 19.7. The van der Waals surface area contributed by atoms with Crippen molar-refractivity contribution in [3.05, 3.63) is 84.4 Å². The summed E-state index contributed by atoms with van der Waals surface area (Å²) in [7, 11) is 0. The Morgan fingerprint density at radius 1 is 0.875 bits per heavy atom. The third-order valence-corrected chi connectivity index (χ3v) is 7.48. The average Bonchev–Trinajstić information content (AvgIpc) is 3.31. The Morgan fingerprint density at radius 3 is 2.25 bits per heavy atom. The van der Waals surface area contributed by atoms with Gasteiger partial charge < -0.3 is 4.74 Å². The highest BCUT2D eigenvalue weighted by atomic mass is 32.2. The molecule has 0 heterocycles. The Morgan fingerprint density at radius 2 is 1.56 bits per heavy atom. The Balaban J connectivity index is 1.32. The lowest BCUT2D eigenvalue weighted by molar-refractivity contribution is 0.0923. The number of unbranched alkanes of at least 4 members (excludes halogenated alkanes) is 2. The van der Waals surface area contributed by atoms with E-state index in [1.165, 1.54) is 17.7 Å². The normalized spacial score (nSPS) is 17.9. The molecule has 4 rings (SSSR count). The van der Waals surface area contributed by atoms with Crippen molar-refractivity contribution in [2.75, 3.05) is 6.61 Å². The van der Waals surface area contributed by atoms with E-state index < -0.39 is 0 Å². The Kier molecular flexibility index (Phi) is 8.06. The van der Waals surface area contributed by atoms with Gasteiger partial charge in [-0.15, -0.1) is 11.8 Å². The van der Waals surface area contributed by atoms with E-state index in [9.17, 15) is 4.79 Å². The number of thioether (sulfide) groups is 1. The highest BCUT2D eigenvalue weighted by Gasteiger charge is 2.30. The molecule has 0 saturated heterocycles. The van der Waals surface area contributed by atoms with Gasteiger partial charge >= 0.3 is 0 Å². The number of benzene rings is 3. The van der Waals surface area contributed by atoms with Crippen molar-refractivity contribution in [2.24, 2.45) is 5.92 Å². The van der Waals surface area contributed by atoms with Crippen molar-refractivity contribution in [1.29, 1.82) is 0 Å². The molecule has 0 aromatic heterocycles. The van der Waals surface area contributed by atoms with Crippen molar-refractivity contribution < 1.29 is 9.53 Å². The fraction of sp³-hybridized carbons (Fsp3) is 0.345. The first-order valence-electron chi connectivity index (χ1n) is 11.8. The summed E-state index contributed by atoms with van der Waals surface area (Å²) in [4.78, 5) is 14.4. The van der Waals surface area contributed by atoms with E-state index >= 15 is 0 Å². The topological polar surface area (TPSA) is 26.3 Å². The first-order valence-corrected chi connectivity index (χ1v) is 12.7. The molecule has 0 radical (unpaired) electrons. The maximum absolute atomic E-state index is 13.1. The fourth-order valence-electron chi connectivity index (χ4n) is 4.33. The molecule has 0 bridgehead atoms. The summed E-state index contributed by atoms with van der Waals surface area (Å²) in [5.74, 6) is 1.36. The molecule has 1 fully saturated rings. The van der Waals surface area contributed by atoms with E-state index in [2.05, 4.69) is 55.5 Å². The molecule has 1 aliphatic rings. The van der Waals surface area contributed by atoms with Crippen molar-refractivity contribution in [3.8, 4) is 16.9 Å². The van der Waals surface area contributed by atoms with Crippen molar-refractivity contribution in [3.63, 3.8) is 0 Å². The highest BCUT2D eigenvalue weighted by Crippen LogP contribution is 2.39. The first-order chi connectivity index (χ1) is 15.7. The summed E-state index contributed by atoms with van der Waals surface area (Å²) < 4.78 is 5.81. The summed E-state index contributed by atoms with van der Waals surface area (Å²) in [6, 6.07) is 26.9. The minimum absolute atomic E-state index is 0.145. The SMILES string of the molecule is CCCCCOc1ccc(-c2ccc(C(=O)C3CCC(Sc4ccccc4)C3)cc2)cc1. The van der Waals surface area contributed by atoms with Gasteiger partial charge in [-0.05, 0) is 61.1 Å². The standard InChI is InChI=1S/C29H32O2S/c1-2-3-7-20-31-26-17-14-23(15-18-26)22-10-12-24(13-11-22)29(30)25-16-19-28(21-25)32-27-8-5-4-6-9-27/h4-6,8-15,17-18,25,28H,2-3,7,16,19-21H2,1H3. The van der Waals surface area contributed by atoms with Crippen LogP contribution in [0.5, 0.6) is 5.75 Å². The first kappa shape index (κ1) is 22.7. The second kappa shape index (κ2) is 11.4. The quantitative estimate of drug-likeness (QED) is 0.234. The van der Waals surface area contributed by atoms with Gasteiger partial charge in [0.15, 0.2) is 5.78 Å². The van der Waals surface area contributed by atoms with Crippen LogP contribution < -0.4 is 4.74 Å². The van der Waals surface area contributed by atoms with Gasteiger partial charge in [0.25, 0.3) is 0 Å². The number of rotatable bonds is 10. The smallest absolute Gasteiger partial charge is 0.165 e. The number of Topliss-reactive ketones (excluding diaryl/α,β-unsaturated/α-hetero) is 1. The number of hydrogen-bond acceptors (Lipinski definition) is 3. The predicted molar refractivity (Wildman–Crippen MR) is 135 cm³/mol. The summed E-state index contributed by atoms with van der Waals surface area (Å²) in [6.45, 7) is 2.97. The lowest BCUT2D eigenvalue weighted by Crippen LogP contribution is -2.12. The lowest BCUT2D eigenvalue weighted by atomic mass is 9.94.